The summed E-state index contributed by atoms with van der Waals surface area (Å²) in [5, 5.41) is 15.6. The number of aryl methyl sites for hydroxylation is 4. The van der Waals surface area contributed by atoms with E-state index in [4.69, 9.17) is 32.9 Å². The van der Waals surface area contributed by atoms with E-state index in [0.717, 1.165) is 65.0 Å². The lowest BCUT2D eigenvalue weighted by Crippen LogP contribution is -2.41. The highest BCUT2D eigenvalue weighted by Crippen LogP contribution is 2.51. The molecule has 10 rings (SSSR count). The van der Waals surface area contributed by atoms with Crippen LogP contribution in [0, 0.1) is 49.8 Å². The quantitative estimate of drug-likeness (QED) is 0.172. The Morgan fingerprint density at radius 1 is 1.08 bits per heavy atom. The number of pyridine rings is 1. The van der Waals surface area contributed by atoms with Gasteiger partial charge in [-0.05, 0) is 99.4 Å². The van der Waals surface area contributed by atoms with Gasteiger partial charge in [-0.1, -0.05) is 41.4 Å². The zero-order chi connectivity index (χ0) is 36.0. The van der Waals surface area contributed by atoms with Crippen molar-refractivity contribution in [2.75, 3.05) is 13.1 Å². The van der Waals surface area contributed by atoms with Crippen molar-refractivity contribution in [1.82, 2.24) is 19.8 Å². The number of hydrogen-bond donors (Lipinski definition) is 1. The van der Waals surface area contributed by atoms with Gasteiger partial charge in [0.25, 0.3) is 0 Å². The second kappa shape index (κ2) is 12.8. The lowest BCUT2D eigenvalue weighted by molar-refractivity contribution is -0.133. The molecule has 5 aromatic rings. The summed E-state index contributed by atoms with van der Waals surface area (Å²) in [6.45, 7) is 7.51. The fraction of sp³-hybridized carbons (Fsp3) is 0.405. The van der Waals surface area contributed by atoms with Gasteiger partial charge in [0.1, 0.15) is 17.4 Å². The van der Waals surface area contributed by atoms with Gasteiger partial charge in [-0.15, -0.1) is 0 Å². The van der Waals surface area contributed by atoms with Crippen molar-refractivity contribution >= 4 is 50.9 Å². The van der Waals surface area contributed by atoms with Crippen LogP contribution in [0.25, 0.3) is 32.9 Å². The van der Waals surface area contributed by atoms with Crippen LogP contribution in [0.1, 0.15) is 72.3 Å². The van der Waals surface area contributed by atoms with Crippen LogP contribution in [0.5, 0.6) is 5.75 Å². The van der Waals surface area contributed by atoms with Crippen molar-refractivity contribution in [1.29, 1.82) is 5.26 Å². The number of carbonyl (C=O) groups excluding carboxylic acids is 1. The third kappa shape index (κ3) is 5.47. The molecule has 2 aromatic heterocycles. The van der Waals surface area contributed by atoms with Crippen molar-refractivity contribution in [3.8, 4) is 22.9 Å². The first-order valence-corrected chi connectivity index (χ1v) is 19.1. The summed E-state index contributed by atoms with van der Waals surface area (Å²) in [5.41, 5.74) is 6.73. The molecule has 5 fully saturated rings. The third-order valence-electron chi connectivity index (χ3n) is 11.7. The number of benzene rings is 3. The normalized spacial score (nSPS) is 23.7. The van der Waals surface area contributed by atoms with Crippen LogP contribution in [0.15, 0.2) is 48.5 Å². The predicted molar refractivity (Wildman–Crippen MR) is 202 cm³/mol. The monoisotopic (exact) mass is 735 g/mol. The molecule has 5 aliphatic rings. The van der Waals surface area contributed by atoms with Crippen molar-refractivity contribution in [2.45, 2.75) is 83.5 Å². The van der Waals surface area contributed by atoms with Gasteiger partial charge >= 0.3 is 0 Å². The molecule has 2 aliphatic carbocycles. The average molecular weight is 737 g/mol. The Morgan fingerprint density at radius 3 is 2.56 bits per heavy atom. The van der Waals surface area contributed by atoms with Crippen molar-refractivity contribution < 1.29 is 13.9 Å². The number of aromatic nitrogens is 2. The number of ether oxygens (including phenoxy) is 1. The van der Waals surface area contributed by atoms with E-state index >= 15 is 4.39 Å². The maximum atomic E-state index is 17.2. The molecule has 7 nitrogen and oxygen atoms in total. The smallest absolute Gasteiger partial charge is 0.226 e. The topological polar surface area (TPSA) is 83.2 Å². The molecule has 52 heavy (non-hydrogen) atoms. The maximum absolute atomic E-state index is 17.2. The summed E-state index contributed by atoms with van der Waals surface area (Å²) in [6, 6.07) is 18.2. The van der Waals surface area contributed by atoms with Crippen LogP contribution in [0.4, 0.5) is 4.39 Å². The van der Waals surface area contributed by atoms with Gasteiger partial charge in [0.2, 0.25) is 5.91 Å². The van der Waals surface area contributed by atoms with Crippen LogP contribution < -0.4 is 10.1 Å². The fourth-order valence-corrected chi connectivity index (χ4v) is 9.66. The number of fused-ring (bicyclic) bond motifs is 4. The SMILES string of the molecule is Cc1cc(C)cc(OC2CC(c3cc4c(C)nc5c(F)c(-c6cccc(Cl)c6Cl)c(CCC#N)cc5c4n3C3C4CNC3C4)N(C(=O)C3CC3)C2)c1. The molecule has 5 atom stereocenters. The number of amides is 1. The number of hydrogen-bond acceptors (Lipinski definition) is 5. The number of nitriles is 1. The van der Waals surface area contributed by atoms with Crippen LogP contribution in [-0.2, 0) is 11.2 Å². The van der Waals surface area contributed by atoms with Gasteiger partial charge in [-0.2, -0.15) is 5.26 Å². The average Bonchev–Trinajstić information content (AvgIpc) is 3.39. The van der Waals surface area contributed by atoms with Crippen LogP contribution in [-0.4, -0.2) is 45.6 Å². The van der Waals surface area contributed by atoms with E-state index in [1.807, 2.05) is 13.0 Å². The van der Waals surface area contributed by atoms with Gasteiger partial charge in [0.05, 0.1) is 40.3 Å². The summed E-state index contributed by atoms with van der Waals surface area (Å²) >= 11 is 13.1. The predicted octanol–water partition coefficient (Wildman–Crippen LogP) is 9.35. The molecule has 266 valence electrons. The number of nitrogens with zero attached hydrogens (tertiary/aromatic N) is 4. The maximum Gasteiger partial charge on any atom is 0.226 e. The number of carbonyl (C=O) groups is 1. The lowest BCUT2D eigenvalue weighted by atomic mass is 9.79. The van der Waals surface area contributed by atoms with E-state index in [-0.39, 0.29) is 53.0 Å². The molecule has 5 heterocycles. The van der Waals surface area contributed by atoms with Crippen molar-refractivity contribution in [2.24, 2.45) is 11.8 Å². The highest BCUT2D eigenvalue weighted by atomic mass is 35.5. The molecule has 1 N–H and O–H groups in total. The largest absolute Gasteiger partial charge is 0.488 e. The third-order valence-corrected chi connectivity index (χ3v) is 12.6. The minimum absolute atomic E-state index is 0.0552. The van der Waals surface area contributed by atoms with Crippen LogP contribution >= 0.6 is 23.2 Å². The lowest BCUT2D eigenvalue weighted by Gasteiger charge is -2.39. The Morgan fingerprint density at radius 2 is 1.87 bits per heavy atom. The molecule has 3 saturated heterocycles. The minimum atomic E-state index is -0.475. The van der Waals surface area contributed by atoms with Crippen molar-refractivity contribution in [3.63, 3.8) is 0 Å². The summed E-state index contributed by atoms with van der Waals surface area (Å²) in [6.07, 6.45) is 3.95. The second-order valence-electron chi connectivity index (χ2n) is 15.4. The zero-order valence-corrected chi connectivity index (χ0v) is 31.0. The first-order valence-electron chi connectivity index (χ1n) is 18.4. The molecular formula is C42H40Cl2FN5O2. The summed E-state index contributed by atoms with van der Waals surface area (Å²) in [4.78, 5) is 21.0. The van der Waals surface area contributed by atoms with E-state index in [9.17, 15) is 10.1 Å². The summed E-state index contributed by atoms with van der Waals surface area (Å²) < 4.78 is 26.3. The van der Waals surface area contributed by atoms with Crippen LogP contribution in [0.2, 0.25) is 10.0 Å². The van der Waals surface area contributed by atoms with Crippen molar-refractivity contribution in [3.05, 3.63) is 92.5 Å². The molecule has 3 aliphatic heterocycles. The zero-order valence-electron chi connectivity index (χ0n) is 29.5. The standard InChI is InChI=1S/C42H40Cl2FN5O2/c1-21-12-22(2)14-27(13-21)52-28-17-34(49(20-28)42(51)24-9-10-24)35-18-30-23(3)48-39-31(41(30)50(35)40-26-16-33(40)47-19-26)15-25(6-5-11-46)36(38(39)45)29-7-4-8-32(43)37(29)44/h4,7-8,12-15,18,24,26,28,33-34,40,47H,5-6,9-10,16-17,19-20H2,1-3H3. The number of nitrogens with one attached hydrogen (secondary N) is 1. The summed E-state index contributed by atoms with van der Waals surface area (Å²) in [7, 11) is 0. The van der Waals surface area contributed by atoms with Gasteiger partial charge in [-0.25, -0.2) is 9.37 Å². The summed E-state index contributed by atoms with van der Waals surface area (Å²) in [5.74, 6) is 1.02. The Kier molecular flexibility index (Phi) is 8.26. The molecular weight excluding hydrogens is 696 g/mol. The second-order valence-corrected chi connectivity index (χ2v) is 16.1. The molecule has 10 heteroatoms. The minimum Gasteiger partial charge on any atom is -0.488 e. The van der Waals surface area contributed by atoms with E-state index in [0.29, 0.717) is 52.4 Å². The molecule has 2 saturated carbocycles. The Hall–Kier alpha value is -4.16. The van der Waals surface area contributed by atoms with E-state index in [1.54, 1.807) is 18.2 Å². The Balaban J connectivity index is 1.25. The van der Waals surface area contributed by atoms with Gasteiger partial charge < -0.3 is 19.5 Å². The molecule has 5 unspecified atom stereocenters. The first-order chi connectivity index (χ1) is 25.1. The molecule has 1 amide bonds. The van der Waals surface area contributed by atoms with E-state index in [2.05, 4.69) is 59.0 Å². The van der Waals surface area contributed by atoms with E-state index < -0.39 is 5.82 Å². The molecule has 0 spiro atoms. The fourth-order valence-electron chi connectivity index (χ4n) is 9.26. The Bertz CT molecular complexity index is 2310. The van der Waals surface area contributed by atoms with Gasteiger partial charge in [0, 0.05) is 64.6 Å². The van der Waals surface area contributed by atoms with E-state index in [1.165, 1.54) is 0 Å². The highest BCUT2D eigenvalue weighted by Gasteiger charge is 2.51. The Labute approximate surface area is 312 Å². The molecule has 2 bridgehead atoms. The highest BCUT2D eigenvalue weighted by molar-refractivity contribution is 6.43. The number of rotatable bonds is 8. The number of likely N-dealkylation sites (tertiary alicyclic amines) is 1. The van der Waals surface area contributed by atoms with Gasteiger partial charge in [-0.3, -0.25) is 4.79 Å². The first kappa shape index (κ1) is 33.7. The number of halogens is 3. The molecule has 3 aromatic carbocycles. The molecule has 0 radical (unpaired) electrons. The van der Waals surface area contributed by atoms with Gasteiger partial charge in [0.15, 0.2) is 5.82 Å². The van der Waals surface area contributed by atoms with Crippen LogP contribution in [0.3, 0.4) is 0 Å².